The van der Waals surface area contributed by atoms with E-state index in [-0.39, 0.29) is 11.5 Å². The number of nitrogens with zero attached hydrogens (tertiary/aromatic N) is 1. The summed E-state index contributed by atoms with van der Waals surface area (Å²) in [6.45, 7) is 3.58. The van der Waals surface area contributed by atoms with E-state index in [0.717, 1.165) is 5.69 Å². The minimum atomic E-state index is -0.586. The van der Waals surface area contributed by atoms with E-state index < -0.39 is 5.54 Å². The summed E-state index contributed by atoms with van der Waals surface area (Å²) < 4.78 is 0. The van der Waals surface area contributed by atoms with Crippen LogP contribution in [-0.4, -0.2) is 15.8 Å². The molecule has 0 heterocycles. The van der Waals surface area contributed by atoms with Crippen molar-refractivity contribution in [3.63, 3.8) is 0 Å². The molecule has 5 N–H and O–H groups in total. The van der Waals surface area contributed by atoms with E-state index in [1.165, 1.54) is 0 Å². The number of aromatic hydroxyl groups is 2. The first kappa shape index (κ1) is 16.2. The maximum Gasteiger partial charge on any atom is 0.119 e. The molecule has 2 rings (SSSR count). The van der Waals surface area contributed by atoms with Crippen LogP contribution in [0.4, 0.5) is 11.4 Å². The average molecular weight is 285 g/mol. The molecule has 0 bridgehead atoms. The van der Waals surface area contributed by atoms with E-state index in [9.17, 15) is 0 Å². The predicted molar refractivity (Wildman–Crippen MR) is 83.9 cm³/mol. The molecule has 0 radical (unpaired) electrons. The number of phenolic OH excluding ortho intramolecular Hbond substituents is 2. The van der Waals surface area contributed by atoms with E-state index in [4.69, 9.17) is 21.2 Å². The van der Waals surface area contributed by atoms with Gasteiger partial charge in [0, 0.05) is 11.4 Å². The molecule has 0 aliphatic rings. The Balaban J connectivity index is 0.000000235. The van der Waals surface area contributed by atoms with E-state index >= 15 is 0 Å². The molecule has 0 aliphatic carbocycles. The van der Waals surface area contributed by atoms with E-state index in [0.29, 0.717) is 5.69 Å². The summed E-state index contributed by atoms with van der Waals surface area (Å²) in [5, 5.41) is 29.5. The van der Waals surface area contributed by atoms with Gasteiger partial charge in [-0.2, -0.15) is 5.26 Å². The predicted octanol–water partition coefficient (Wildman–Crippen LogP) is 3.08. The summed E-state index contributed by atoms with van der Waals surface area (Å²) in [5.41, 5.74) is 6.22. The first-order valence-corrected chi connectivity index (χ1v) is 6.35. The molecule has 0 saturated carbocycles. The summed E-state index contributed by atoms with van der Waals surface area (Å²) >= 11 is 0. The largest absolute Gasteiger partial charge is 0.508 e. The molecular weight excluding hydrogens is 266 g/mol. The molecule has 0 amide bonds. The number of benzene rings is 2. The number of hydrogen-bond donors (Lipinski definition) is 4. The second-order valence-electron chi connectivity index (χ2n) is 5.00. The van der Waals surface area contributed by atoms with Crippen molar-refractivity contribution in [2.45, 2.75) is 19.4 Å². The third-order valence-electron chi connectivity index (χ3n) is 2.50. The van der Waals surface area contributed by atoms with Crippen molar-refractivity contribution in [1.29, 1.82) is 5.26 Å². The highest BCUT2D eigenvalue weighted by Crippen LogP contribution is 2.17. The fourth-order valence-corrected chi connectivity index (χ4v) is 1.41. The molecular formula is C16H19N3O2. The van der Waals surface area contributed by atoms with Gasteiger partial charge in [-0.25, -0.2) is 0 Å². The van der Waals surface area contributed by atoms with Gasteiger partial charge in [0.1, 0.15) is 17.0 Å². The number of nitriles is 1. The van der Waals surface area contributed by atoms with Crippen LogP contribution in [0.15, 0.2) is 48.5 Å². The monoisotopic (exact) mass is 285 g/mol. The molecule has 0 aromatic heterocycles. The van der Waals surface area contributed by atoms with Gasteiger partial charge in [-0.3, -0.25) is 0 Å². The standard InChI is InChI=1S/C10H12N2O.C6H7NO/c1-10(2,7-11)12-8-3-5-9(13)6-4-8;7-5-1-3-6(8)4-2-5/h3-6,12-13H,1-2H3;1-4,8H,7H2. The van der Waals surface area contributed by atoms with Crippen LogP contribution in [0.5, 0.6) is 11.5 Å². The summed E-state index contributed by atoms with van der Waals surface area (Å²) in [6, 6.07) is 15.1. The Morgan fingerprint density at radius 3 is 1.76 bits per heavy atom. The lowest BCUT2D eigenvalue weighted by molar-refractivity contribution is 0.475. The van der Waals surface area contributed by atoms with Gasteiger partial charge in [0.05, 0.1) is 6.07 Å². The van der Waals surface area contributed by atoms with Gasteiger partial charge in [0.2, 0.25) is 0 Å². The van der Waals surface area contributed by atoms with Crippen LogP contribution < -0.4 is 11.1 Å². The highest BCUT2D eigenvalue weighted by molar-refractivity contribution is 5.49. The van der Waals surface area contributed by atoms with Crippen LogP contribution >= 0.6 is 0 Å². The van der Waals surface area contributed by atoms with Gasteiger partial charge in [-0.05, 0) is 62.4 Å². The topological polar surface area (TPSA) is 102 Å². The first-order chi connectivity index (χ1) is 9.82. The third kappa shape index (κ3) is 6.21. The Morgan fingerprint density at radius 2 is 1.38 bits per heavy atom. The van der Waals surface area contributed by atoms with Crippen molar-refractivity contribution in [1.82, 2.24) is 0 Å². The summed E-state index contributed by atoms with van der Waals surface area (Å²) in [4.78, 5) is 0. The van der Waals surface area contributed by atoms with Gasteiger partial charge in [-0.1, -0.05) is 0 Å². The Hall–Kier alpha value is -2.87. The van der Waals surface area contributed by atoms with Crippen molar-refractivity contribution in [3.8, 4) is 17.6 Å². The van der Waals surface area contributed by atoms with Crippen LogP contribution in [0.3, 0.4) is 0 Å². The molecule has 0 fully saturated rings. The number of nitrogens with two attached hydrogens (primary N) is 1. The van der Waals surface area contributed by atoms with Crippen molar-refractivity contribution in [2.24, 2.45) is 0 Å². The second-order valence-corrected chi connectivity index (χ2v) is 5.00. The number of nitrogens with one attached hydrogen (secondary N) is 1. The summed E-state index contributed by atoms with van der Waals surface area (Å²) in [6.07, 6.45) is 0. The van der Waals surface area contributed by atoms with Gasteiger partial charge in [-0.15, -0.1) is 0 Å². The summed E-state index contributed by atoms with van der Waals surface area (Å²) in [5.74, 6) is 0.472. The second kappa shape index (κ2) is 7.06. The summed E-state index contributed by atoms with van der Waals surface area (Å²) in [7, 11) is 0. The number of phenols is 2. The SMILES string of the molecule is CC(C)(C#N)Nc1ccc(O)cc1.Nc1ccc(O)cc1. The van der Waals surface area contributed by atoms with Crippen LogP contribution in [0, 0.1) is 11.3 Å². The molecule has 5 heteroatoms. The maximum atomic E-state index is 9.02. The molecule has 2 aromatic rings. The third-order valence-corrected chi connectivity index (χ3v) is 2.50. The quantitative estimate of drug-likeness (QED) is 0.501. The zero-order valence-electron chi connectivity index (χ0n) is 12.0. The Morgan fingerprint density at radius 1 is 0.952 bits per heavy atom. The van der Waals surface area contributed by atoms with Crippen molar-refractivity contribution < 1.29 is 10.2 Å². The van der Waals surface area contributed by atoms with Gasteiger partial charge >= 0.3 is 0 Å². The lowest BCUT2D eigenvalue weighted by Crippen LogP contribution is -2.28. The highest BCUT2D eigenvalue weighted by atomic mass is 16.3. The Kier molecular flexibility index (Phi) is 5.44. The number of anilines is 2. The van der Waals surface area contributed by atoms with Crippen LogP contribution in [0.1, 0.15) is 13.8 Å². The smallest absolute Gasteiger partial charge is 0.119 e. The van der Waals surface area contributed by atoms with Gasteiger partial charge < -0.3 is 21.3 Å². The molecule has 0 saturated heterocycles. The van der Waals surface area contributed by atoms with Crippen LogP contribution in [0.2, 0.25) is 0 Å². The first-order valence-electron chi connectivity index (χ1n) is 6.35. The molecule has 0 atom stereocenters. The average Bonchev–Trinajstić information content (AvgIpc) is 2.45. The maximum absolute atomic E-state index is 9.02. The van der Waals surface area contributed by atoms with E-state index in [2.05, 4.69) is 11.4 Å². The molecule has 2 aromatic carbocycles. The lowest BCUT2D eigenvalue weighted by Gasteiger charge is -2.18. The molecule has 110 valence electrons. The molecule has 21 heavy (non-hydrogen) atoms. The van der Waals surface area contributed by atoms with Gasteiger partial charge in [0.15, 0.2) is 0 Å². The minimum absolute atomic E-state index is 0.223. The van der Waals surface area contributed by atoms with E-state index in [1.807, 2.05) is 0 Å². The van der Waals surface area contributed by atoms with E-state index in [1.54, 1.807) is 62.4 Å². The normalized spacial score (nSPS) is 9.95. The van der Waals surface area contributed by atoms with Crippen molar-refractivity contribution in [3.05, 3.63) is 48.5 Å². The number of rotatable bonds is 2. The molecule has 0 unspecified atom stereocenters. The Labute approximate surface area is 124 Å². The Bertz CT molecular complexity index is 578. The zero-order valence-corrected chi connectivity index (χ0v) is 12.0. The molecule has 0 spiro atoms. The fourth-order valence-electron chi connectivity index (χ4n) is 1.41. The highest BCUT2D eigenvalue weighted by Gasteiger charge is 2.14. The number of hydrogen-bond acceptors (Lipinski definition) is 5. The molecule has 5 nitrogen and oxygen atoms in total. The lowest BCUT2D eigenvalue weighted by atomic mass is 10.1. The fraction of sp³-hybridized carbons (Fsp3) is 0.188. The van der Waals surface area contributed by atoms with Crippen molar-refractivity contribution >= 4 is 11.4 Å². The zero-order chi connectivity index (χ0) is 15.9. The molecule has 0 aliphatic heterocycles. The van der Waals surface area contributed by atoms with Crippen molar-refractivity contribution in [2.75, 3.05) is 11.1 Å². The minimum Gasteiger partial charge on any atom is -0.508 e. The van der Waals surface area contributed by atoms with Crippen LogP contribution in [-0.2, 0) is 0 Å². The van der Waals surface area contributed by atoms with Gasteiger partial charge in [0.25, 0.3) is 0 Å². The van der Waals surface area contributed by atoms with Crippen LogP contribution in [0.25, 0.3) is 0 Å². The number of nitrogen functional groups attached to an aromatic ring is 1.